The molecule has 0 bridgehead atoms. The Balaban J connectivity index is 1.81. The molecule has 0 saturated heterocycles. The van der Waals surface area contributed by atoms with Gasteiger partial charge in [0.1, 0.15) is 17.5 Å². The van der Waals surface area contributed by atoms with Gasteiger partial charge in [0, 0.05) is 17.0 Å². The Morgan fingerprint density at radius 2 is 1.93 bits per heavy atom. The summed E-state index contributed by atoms with van der Waals surface area (Å²) < 4.78 is 35.7. The van der Waals surface area contributed by atoms with Gasteiger partial charge in [0.25, 0.3) is 0 Å². The van der Waals surface area contributed by atoms with Crippen LogP contribution in [0.5, 0.6) is 5.75 Å². The molecule has 3 aromatic rings. The Kier molecular flexibility index (Phi) is 5.71. The zero-order valence-corrected chi connectivity index (χ0v) is 16.7. The number of hydrogen-bond donors (Lipinski definition) is 1. The second-order valence-electron chi connectivity index (χ2n) is 5.99. The number of nitrogens with zero attached hydrogens (tertiary/aromatic N) is 1. The first kappa shape index (κ1) is 19.9. The number of rotatable bonds is 6. The number of ether oxygens (including phenoxy) is 2. The van der Waals surface area contributed by atoms with Gasteiger partial charge in [-0.3, -0.25) is 4.72 Å². The molecule has 0 amide bonds. The number of aromatic nitrogens is 1. The third-order valence-corrected chi connectivity index (χ3v) is 4.77. The highest BCUT2D eigenvalue weighted by molar-refractivity contribution is 7.92. The highest BCUT2D eigenvalue weighted by Gasteiger charge is 2.16. The van der Waals surface area contributed by atoms with Gasteiger partial charge in [0.15, 0.2) is 0 Å². The van der Waals surface area contributed by atoms with E-state index in [1.165, 1.54) is 12.1 Å². The van der Waals surface area contributed by atoms with Crippen molar-refractivity contribution in [2.75, 3.05) is 18.1 Å². The number of nitrogens with one attached hydrogen (secondary N) is 1. The minimum Gasteiger partial charge on any atom is -0.497 e. The van der Waals surface area contributed by atoms with E-state index in [0.717, 1.165) is 11.6 Å². The molecule has 0 atom stereocenters. The Morgan fingerprint density at radius 1 is 1.18 bits per heavy atom. The van der Waals surface area contributed by atoms with E-state index in [2.05, 4.69) is 9.71 Å². The number of methoxy groups -OCH3 is 1. The van der Waals surface area contributed by atoms with Crippen LogP contribution in [0, 0.1) is 0 Å². The summed E-state index contributed by atoms with van der Waals surface area (Å²) in [6.45, 7) is -0.111. The number of carbonyl (C=O) groups is 1. The first-order chi connectivity index (χ1) is 13.3. The molecule has 1 heterocycles. The first-order valence-corrected chi connectivity index (χ1v) is 10.4. The van der Waals surface area contributed by atoms with Crippen LogP contribution in [0.2, 0.25) is 5.15 Å². The summed E-state index contributed by atoms with van der Waals surface area (Å²) >= 11 is 6.21. The molecule has 146 valence electrons. The largest absolute Gasteiger partial charge is 0.497 e. The van der Waals surface area contributed by atoms with Gasteiger partial charge in [-0.25, -0.2) is 18.2 Å². The number of anilines is 1. The average Bonchev–Trinajstić information content (AvgIpc) is 2.64. The van der Waals surface area contributed by atoms with Gasteiger partial charge < -0.3 is 9.47 Å². The number of benzene rings is 2. The van der Waals surface area contributed by atoms with Gasteiger partial charge >= 0.3 is 5.97 Å². The lowest BCUT2D eigenvalue weighted by Gasteiger charge is -2.11. The summed E-state index contributed by atoms with van der Waals surface area (Å²) in [4.78, 5) is 16.7. The Hall–Kier alpha value is -2.84. The van der Waals surface area contributed by atoms with Crippen LogP contribution in [-0.4, -0.2) is 32.7 Å². The van der Waals surface area contributed by atoms with E-state index >= 15 is 0 Å². The van der Waals surface area contributed by atoms with E-state index in [0.29, 0.717) is 16.8 Å². The lowest BCUT2D eigenvalue weighted by molar-refractivity contribution is 0.0474. The van der Waals surface area contributed by atoms with E-state index in [1.807, 2.05) is 6.07 Å². The molecule has 0 spiro atoms. The van der Waals surface area contributed by atoms with Crippen molar-refractivity contribution in [2.24, 2.45) is 0 Å². The fourth-order valence-electron chi connectivity index (χ4n) is 2.57. The Morgan fingerprint density at radius 3 is 2.64 bits per heavy atom. The van der Waals surface area contributed by atoms with Gasteiger partial charge in [0.2, 0.25) is 10.0 Å². The van der Waals surface area contributed by atoms with Crippen LogP contribution in [-0.2, 0) is 21.4 Å². The van der Waals surface area contributed by atoms with Crippen molar-refractivity contribution in [1.82, 2.24) is 4.98 Å². The first-order valence-electron chi connectivity index (χ1n) is 8.14. The highest BCUT2D eigenvalue weighted by Crippen LogP contribution is 2.25. The molecule has 0 fully saturated rings. The van der Waals surface area contributed by atoms with Crippen LogP contribution in [0.25, 0.3) is 10.9 Å². The average molecular weight is 421 g/mol. The standard InChI is InChI=1S/C19H17ClN2O5S/c1-26-14-8-7-12-9-13(18(20)21-17(12)10-14)11-27-19(23)15-5-3-4-6-16(15)22-28(2,24)25/h3-10,22H,11H2,1-2H3. The second kappa shape index (κ2) is 8.04. The Bertz CT molecular complexity index is 1150. The number of sulfonamides is 1. The number of carbonyl (C=O) groups excluding carboxylic acids is 1. The van der Waals surface area contributed by atoms with Crippen LogP contribution < -0.4 is 9.46 Å². The quantitative estimate of drug-likeness (QED) is 0.483. The number of fused-ring (bicyclic) bond motifs is 1. The van der Waals surface area contributed by atoms with Gasteiger partial charge in [-0.05, 0) is 30.3 Å². The highest BCUT2D eigenvalue weighted by atomic mass is 35.5. The molecule has 2 aromatic carbocycles. The molecular formula is C19H17ClN2O5S. The third-order valence-electron chi connectivity index (χ3n) is 3.85. The molecule has 0 aliphatic heterocycles. The molecular weight excluding hydrogens is 404 g/mol. The van der Waals surface area contributed by atoms with Gasteiger partial charge in [0.05, 0.1) is 30.1 Å². The lowest BCUT2D eigenvalue weighted by atomic mass is 10.1. The fraction of sp³-hybridized carbons (Fsp3) is 0.158. The zero-order valence-electron chi connectivity index (χ0n) is 15.1. The van der Waals surface area contributed by atoms with Crippen molar-refractivity contribution >= 4 is 44.2 Å². The topological polar surface area (TPSA) is 94.6 Å². The van der Waals surface area contributed by atoms with E-state index in [1.54, 1.807) is 37.4 Å². The molecule has 0 aliphatic rings. The van der Waals surface area contributed by atoms with Gasteiger partial charge in [-0.2, -0.15) is 0 Å². The summed E-state index contributed by atoms with van der Waals surface area (Å²) in [6, 6.07) is 13.3. The van der Waals surface area contributed by atoms with Crippen LogP contribution in [0.15, 0.2) is 48.5 Å². The van der Waals surface area contributed by atoms with Crippen molar-refractivity contribution in [3.05, 3.63) is 64.8 Å². The monoisotopic (exact) mass is 420 g/mol. The van der Waals surface area contributed by atoms with E-state index < -0.39 is 16.0 Å². The Labute approximate surface area is 167 Å². The molecule has 0 unspecified atom stereocenters. The van der Waals surface area contributed by atoms with Crippen molar-refractivity contribution in [2.45, 2.75) is 6.61 Å². The summed E-state index contributed by atoms with van der Waals surface area (Å²) in [5, 5.41) is 1.02. The minimum absolute atomic E-state index is 0.0996. The molecule has 0 aliphatic carbocycles. The van der Waals surface area contributed by atoms with Crippen molar-refractivity contribution in [1.29, 1.82) is 0 Å². The number of esters is 1. The summed E-state index contributed by atoms with van der Waals surface area (Å²) in [5.74, 6) is -0.0251. The zero-order chi connectivity index (χ0) is 20.3. The van der Waals surface area contributed by atoms with Crippen LogP contribution in [0.3, 0.4) is 0 Å². The molecule has 28 heavy (non-hydrogen) atoms. The SMILES string of the molecule is COc1ccc2cc(COC(=O)c3ccccc3NS(C)(=O)=O)c(Cl)nc2c1. The van der Waals surface area contributed by atoms with Crippen LogP contribution in [0.4, 0.5) is 5.69 Å². The van der Waals surface area contributed by atoms with Gasteiger partial charge in [-0.1, -0.05) is 23.7 Å². The van der Waals surface area contributed by atoms with E-state index in [9.17, 15) is 13.2 Å². The number of para-hydroxylation sites is 1. The van der Waals surface area contributed by atoms with Gasteiger partial charge in [-0.15, -0.1) is 0 Å². The summed E-state index contributed by atoms with van der Waals surface area (Å²) in [7, 11) is -1.97. The van der Waals surface area contributed by atoms with Crippen molar-refractivity contribution in [3.8, 4) is 5.75 Å². The third kappa shape index (κ3) is 4.71. The maximum atomic E-state index is 12.4. The normalized spacial score (nSPS) is 11.2. The van der Waals surface area contributed by atoms with Crippen molar-refractivity contribution < 1.29 is 22.7 Å². The minimum atomic E-state index is -3.54. The number of halogens is 1. The van der Waals surface area contributed by atoms with Crippen LogP contribution in [0.1, 0.15) is 15.9 Å². The van der Waals surface area contributed by atoms with Crippen molar-refractivity contribution in [3.63, 3.8) is 0 Å². The molecule has 0 saturated carbocycles. The second-order valence-corrected chi connectivity index (χ2v) is 8.10. The molecule has 9 heteroatoms. The smallest absolute Gasteiger partial charge is 0.340 e. The van der Waals surface area contributed by atoms with E-state index in [4.69, 9.17) is 21.1 Å². The fourth-order valence-corrected chi connectivity index (χ4v) is 3.34. The maximum absolute atomic E-state index is 12.4. The molecule has 7 nitrogen and oxygen atoms in total. The predicted molar refractivity (Wildman–Crippen MR) is 107 cm³/mol. The summed E-state index contributed by atoms with van der Waals surface area (Å²) in [5.41, 5.74) is 1.43. The summed E-state index contributed by atoms with van der Waals surface area (Å²) in [6.07, 6.45) is 1.00. The molecule has 0 radical (unpaired) electrons. The molecule has 1 N–H and O–H groups in total. The van der Waals surface area contributed by atoms with E-state index in [-0.39, 0.29) is 23.0 Å². The number of pyridine rings is 1. The predicted octanol–water partition coefficient (Wildman–Crippen LogP) is 3.63. The maximum Gasteiger partial charge on any atom is 0.340 e. The molecule has 3 rings (SSSR count). The molecule has 1 aromatic heterocycles. The lowest BCUT2D eigenvalue weighted by Crippen LogP contribution is -2.14. The van der Waals surface area contributed by atoms with Crippen LogP contribution >= 0.6 is 11.6 Å². The number of hydrogen-bond acceptors (Lipinski definition) is 6.